The number of nitrogens with two attached hydrogens (primary N) is 1. The van der Waals surface area contributed by atoms with Gasteiger partial charge in [-0.05, 0) is 47.9 Å². The van der Waals surface area contributed by atoms with Gasteiger partial charge in [-0.25, -0.2) is 8.78 Å². The minimum atomic E-state index is -0.454. The van der Waals surface area contributed by atoms with E-state index in [2.05, 4.69) is 5.43 Å². The van der Waals surface area contributed by atoms with Crippen LogP contribution in [0.3, 0.4) is 0 Å². The summed E-state index contributed by atoms with van der Waals surface area (Å²) in [5, 5.41) is 0. The number of nitrogens with zero attached hydrogens (tertiary/aromatic N) is 1. The molecule has 0 aliphatic rings. The summed E-state index contributed by atoms with van der Waals surface area (Å²) >= 11 is 0. The van der Waals surface area contributed by atoms with Crippen LogP contribution < -0.4 is 16.2 Å². The van der Waals surface area contributed by atoms with Crippen LogP contribution in [0, 0.1) is 11.6 Å². The van der Waals surface area contributed by atoms with E-state index in [-0.39, 0.29) is 12.5 Å². The molecule has 21 heavy (non-hydrogen) atoms. The van der Waals surface area contributed by atoms with Gasteiger partial charge in [0, 0.05) is 19.8 Å². The van der Waals surface area contributed by atoms with E-state index in [0.717, 1.165) is 23.4 Å². The van der Waals surface area contributed by atoms with Crippen LogP contribution in [0.1, 0.15) is 17.2 Å². The van der Waals surface area contributed by atoms with Gasteiger partial charge in [-0.15, -0.1) is 0 Å². The van der Waals surface area contributed by atoms with Crippen LogP contribution in [-0.4, -0.2) is 14.1 Å². The number of halogens is 2. The summed E-state index contributed by atoms with van der Waals surface area (Å²) in [6.07, 6.45) is 0.275. The Labute approximate surface area is 123 Å². The van der Waals surface area contributed by atoms with Gasteiger partial charge in [0.1, 0.15) is 11.6 Å². The fourth-order valence-electron chi connectivity index (χ4n) is 2.21. The van der Waals surface area contributed by atoms with E-state index in [0.29, 0.717) is 5.56 Å². The van der Waals surface area contributed by atoms with Crippen molar-refractivity contribution in [2.45, 2.75) is 12.5 Å². The lowest BCUT2D eigenvalue weighted by atomic mass is 9.98. The zero-order chi connectivity index (χ0) is 15.4. The molecule has 1 atom stereocenters. The molecule has 0 saturated carbocycles. The minimum absolute atomic E-state index is 0.275. The monoisotopic (exact) mass is 291 g/mol. The van der Waals surface area contributed by atoms with Gasteiger partial charge in [-0.1, -0.05) is 12.1 Å². The molecule has 3 nitrogen and oxygen atoms in total. The zero-order valence-electron chi connectivity index (χ0n) is 12.1. The van der Waals surface area contributed by atoms with E-state index < -0.39 is 11.6 Å². The lowest BCUT2D eigenvalue weighted by Crippen LogP contribution is -2.30. The molecule has 0 aliphatic carbocycles. The predicted octanol–water partition coefficient (Wildman–Crippen LogP) is 2.78. The predicted molar refractivity (Wildman–Crippen MR) is 80.9 cm³/mol. The Morgan fingerprint density at radius 3 is 2.57 bits per heavy atom. The minimum Gasteiger partial charge on any atom is -0.378 e. The first-order chi connectivity index (χ1) is 10.0. The highest BCUT2D eigenvalue weighted by Gasteiger charge is 2.14. The molecule has 112 valence electrons. The average Bonchev–Trinajstić information content (AvgIpc) is 2.48. The molecule has 0 fully saturated rings. The standard InChI is InChI=1S/C16H19F2N3/c1-21(2)14-5-3-4-11(9-14)16(20-19)10-12-8-13(17)6-7-15(12)18/h3-9,16,20H,10,19H2,1-2H3. The van der Waals surface area contributed by atoms with E-state index in [9.17, 15) is 8.78 Å². The van der Waals surface area contributed by atoms with E-state index >= 15 is 0 Å². The largest absolute Gasteiger partial charge is 0.378 e. The second kappa shape index (κ2) is 6.65. The summed E-state index contributed by atoms with van der Waals surface area (Å²) in [6.45, 7) is 0. The highest BCUT2D eigenvalue weighted by atomic mass is 19.1. The van der Waals surface area contributed by atoms with Crippen molar-refractivity contribution in [2.75, 3.05) is 19.0 Å². The molecule has 0 aliphatic heterocycles. The molecule has 0 saturated heterocycles. The lowest BCUT2D eigenvalue weighted by molar-refractivity contribution is 0.523. The third-order valence-electron chi connectivity index (χ3n) is 3.42. The Morgan fingerprint density at radius 1 is 1.14 bits per heavy atom. The second-order valence-electron chi connectivity index (χ2n) is 5.15. The van der Waals surface area contributed by atoms with Crippen LogP contribution in [0.4, 0.5) is 14.5 Å². The Hall–Kier alpha value is -1.98. The maximum atomic E-state index is 13.7. The first kappa shape index (κ1) is 15.4. The van der Waals surface area contributed by atoms with Crippen molar-refractivity contribution < 1.29 is 8.78 Å². The molecule has 2 aromatic carbocycles. The van der Waals surface area contributed by atoms with Gasteiger partial charge in [0.2, 0.25) is 0 Å². The normalized spacial score (nSPS) is 12.2. The molecule has 5 heteroatoms. The first-order valence-electron chi connectivity index (χ1n) is 6.68. The van der Waals surface area contributed by atoms with Crippen LogP contribution >= 0.6 is 0 Å². The van der Waals surface area contributed by atoms with E-state index in [1.807, 2.05) is 43.3 Å². The Kier molecular flexibility index (Phi) is 4.88. The van der Waals surface area contributed by atoms with Gasteiger partial charge >= 0.3 is 0 Å². The number of nitrogens with one attached hydrogen (secondary N) is 1. The number of hydrazine groups is 1. The van der Waals surface area contributed by atoms with Crippen LogP contribution in [0.15, 0.2) is 42.5 Å². The van der Waals surface area contributed by atoms with E-state index in [1.54, 1.807) is 0 Å². The summed E-state index contributed by atoms with van der Waals surface area (Å²) in [4.78, 5) is 1.97. The molecule has 0 radical (unpaired) electrons. The Bertz CT molecular complexity index is 614. The molecule has 0 spiro atoms. The van der Waals surface area contributed by atoms with Gasteiger partial charge in [-0.3, -0.25) is 11.3 Å². The highest BCUT2D eigenvalue weighted by molar-refractivity contribution is 5.48. The molecule has 0 bridgehead atoms. The molecule has 3 N–H and O–H groups in total. The molecular formula is C16H19F2N3. The maximum Gasteiger partial charge on any atom is 0.126 e. The van der Waals surface area contributed by atoms with Crippen LogP contribution in [-0.2, 0) is 6.42 Å². The third-order valence-corrected chi connectivity index (χ3v) is 3.42. The summed E-state index contributed by atoms with van der Waals surface area (Å²) in [5.74, 6) is 4.70. The summed E-state index contributed by atoms with van der Waals surface area (Å²) in [7, 11) is 3.88. The van der Waals surface area contributed by atoms with Gasteiger partial charge in [-0.2, -0.15) is 0 Å². The summed E-state index contributed by atoms with van der Waals surface area (Å²) < 4.78 is 27.0. The van der Waals surface area contributed by atoms with Crippen molar-refractivity contribution in [3.63, 3.8) is 0 Å². The molecule has 0 amide bonds. The number of hydrogen-bond donors (Lipinski definition) is 2. The maximum absolute atomic E-state index is 13.7. The van der Waals surface area contributed by atoms with Crippen molar-refractivity contribution in [1.82, 2.24) is 5.43 Å². The smallest absolute Gasteiger partial charge is 0.126 e. The summed E-state index contributed by atoms with van der Waals surface area (Å²) in [6, 6.07) is 10.9. The van der Waals surface area contributed by atoms with Crippen LogP contribution in [0.5, 0.6) is 0 Å². The summed E-state index contributed by atoms with van der Waals surface area (Å²) in [5.41, 5.74) is 4.92. The molecule has 1 unspecified atom stereocenters. The number of hydrogen-bond acceptors (Lipinski definition) is 3. The van der Waals surface area contributed by atoms with Crippen molar-refractivity contribution in [3.8, 4) is 0 Å². The highest BCUT2D eigenvalue weighted by Crippen LogP contribution is 2.23. The topological polar surface area (TPSA) is 41.3 Å². The number of benzene rings is 2. The SMILES string of the molecule is CN(C)c1cccc(C(Cc2cc(F)ccc2F)NN)c1. The molecule has 2 rings (SSSR count). The molecule has 2 aromatic rings. The van der Waals surface area contributed by atoms with Crippen molar-refractivity contribution in [3.05, 3.63) is 65.2 Å². The average molecular weight is 291 g/mol. The zero-order valence-corrected chi connectivity index (χ0v) is 12.1. The second-order valence-corrected chi connectivity index (χ2v) is 5.15. The molecule has 0 heterocycles. The van der Waals surface area contributed by atoms with Gasteiger partial charge in [0.05, 0.1) is 6.04 Å². The quantitative estimate of drug-likeness (QED) is 0.657. The van der Waals surface area contributed by atoms with Crippen molar-refractivity contribution >= 4 is 5.69 Å². The molecular weight excluding hydrogens is 272 g/mol. The van der Waals surface area contributed by atoms with Gasteiger partial charge < -0.3 is 4.90 Å². The van der Waals surface area contributed by atoms with Crippen molar-refractivity contribution in [1.29, 1.82) is 0 Å². The fraction of sp³-hybridized carbons (Fsp3) is 0.250. The fourth-order valence-corrected chi connectivity index (χ4v) is 2.21. The Balaban J connectivity index is 2.27. The third kappa shape index (κ3) is 3.77. The van der Waals surface area contributed by atoms with E-state index in [1.165, 1.54) is 6.07 Å². The van der Waals surface area contributed by atoms with Crippen LogP contribution in [0.25, 0.3) is 0 Å². The number of anilines is 1. The van der Waals surface area contributed by atoms with E-state index in [4.69, 9.17) is 5.84 Å². The first-order valence-corrected chi connectivity index (χ1v) is 6.68. The molecule has 0 aromatic heterocycles. The Morgan fingerprint density at radius 2 is 1.90 bits per heavy atom. The lowest BCUT2D eigenvalue weighted by Gasteiger charge is -2.20. The van der Waals surface area contributed by atoms with Crippen LogP contribution in [0.2, 0.25) is 0 Å². The van der Waals surface area contributed by atoms with Gasteiger partial charge in [0.15, 0.2) is 0 Å². The number of rotatable bonds is 5. The van der Waals surface area contributed by atoms with Gasteiger partial charge in [0.25, 0.3) is 0 Å². The van der Waals surface area contributed by atoms with Crippen molar-refractivity contribution in [2.24, 2.45) is 5.84 Å².